The predicted octanol–water partition coefficient (Wildman–Crippen LogP) is -0.293. The molecule has 0 spiro atoms. The van der Waals surface area contributed by atoms with E-state index in [9.17, 15) is 30.0 Å². The third kappa shape index (κ3) is 5.21. The lowest BCUT2D eigenvalue weighted by molar-refractivity contribution is -0.318. The highest BCUT2D eigenvalue weighted by Crippen LogP contribution is 2.34. The van der Waals surface area contributed by atoms with Crippen molar-refractivity contribution in [1.82, 2.24) is 10.6 Å². The maximum Gasteiger partial charge on any atom is 0.251 e. The first kappa shape index (κ1) is 25.6. The Bertz CT molecular complexity index is 1050. The van der Waals surface area contributed by atoms with Crippen LogP contribution in [0.25, 0.3) is 11.1 Å². The SMILES string of the molecule is CNC(=O)c1cccc(-c2ccc(O[C@H]3O[C@H](CO)[C@@H](O)[C@H](O)[C@]3(O)CNC(C)=O)c(C)c2)c1. The van der Waals surface area contributed by atoms with Crippen molar-refractivity contribution >= 4 is 11.8 Å². The predicted molar refractivity (Wildman–Crippen MR) is 122 cm³/mol. The lowest BCUT2D eigenvalue weighted by atomic mass is 9.86. The van der Waals surface area contributed by atoms with Crippen LogP contribution >= 0.6 is 0 Å². The average Bonchev–Trinajstić information content (AvgIpc) is 2.83. The van der Waals surface area contributed by atoms with Gasteiger partial charge in [0.2, 0.25) is 12.2 Å². The summed E-state index contributed by atoms with van der Waals surface area (Å²) in [5, 5.41) is 46.4. The zero-order valence-electron chi connectivity index (χ0n) is 19.2. The maximum absolute atomic E-state index is 11.9. The molecule has 0 saturated carbocycles. The van der Waals surface area contributed by atoms with Crippen LogP contribution in [0.15, 0.2) is 42.5 Å². The number of aliphatic hydroxyl groups is 4. The molecule has 0 bridgehead atoms. The molecule has 10 nitrogen and oxygen atoms in total. The summed E-state index contributed by atoms with van der Waals surface area (Å²) in [5.41, 5.74) is 0.612. The van der Waals surface area contributed by atoms with Gasteiger partial charge in [-0.2, -0.15) is 0 Å². The van der Waals surface area contributed by atoms with E-state index >= 15 is 0 Å². The Morgan fingerprint density at radius 3 is 2.47 bits per heavy atom. The zero-order valence-corrected chi connectivity index (χ0v) is 19.2. The van der Waals surface area contributed by atoms with Crippen molar-refractivity contribution in [2.24, 2.45) is 0 Å². The van der Waals surface area contributed by atoms with Crippen LogP contribution in [0.4, 0.5) is 0 Å². The van der Waals surface area contributed by atoms with Crippen LogP contribution < -0.4 is 15.4 Å². The second kappa shape index (κ2) is 10.5. The maximum atomic E-state index is 11.9. The van der Waals surface area contributed by atoms with E-state index in [0.29, 0.717) is 16.9 Å². The molecule has 0 unspecified atom stereocenters. The molecule has 6 N–H and O–H groups in total. The van der Waals surface area contributed by atoms with Gasteiger partial charge in [0.05, 0.1) is 13.2 Å². The standard InChI is InChI=1S/C24H30N2O8/c1-13-9-16(15-5-4-6-17(10-15)22(31)25-3)7-8-18(13)33-23-24(32,12-26-14(2)28)21(30)20(29)19(11-27)34-23/h4-10,19-21,23,27,29-30,32H,11-12H2,1-3H3,(H,25,31)(H,26,28)/t19-,20-,21+,23+,24-/m1/s1. The topological polar surface area (TPSA) is 158 Å². The molecule has 2 aromatic carbocycles. The smallest absolute Gasteiger partial charge is 0.251 e. The van der Waals surface area contributed by atoms with Crippen molar-refractivity contribution in [1.29, 1.82) is 0 Å². The first-order valence-electron chi connectivity index (χ1n) is 10.8. The van der Waals surface area contributed by atoms with Crippen molar-refractivity contribution in [3.63, 3.8) is 0 Å². The number of benzene rings is 2. The Hall–Kier alpha value is -3.02. The molecule has 3 rings (SSSR count). The Morgan fingerprint density at radius 2 is 1.85 bits per heavy atom. The minimum atomic E-state index is -2.19. The summed E-state index contributed by atoms with van der Waals surface area (Å²) < 4.78 is 11.5. The van der Waals surface area contributed by atoms with Gasteiger partial charge >= 0.3 is 0 Å². The number of rotatable bonds is 7. The minimum Gasteiger partial charge on any atom is -0.461 e. The van der Waals surface area contributed by atoms with Crippen molar-refractivity contribution in [2.75, 3.05) is 20.2 Å². The molecule has 0 radical (unpaired) electrons. The molecular weight excluding hydrogens is 444 g/mol. The molecular formula is C24H30N2O8. The van der Waals surface area contributed by atoms with Gasteiger partial charge in [-0.05, 0) is 47.9 Å². The summed E-state index contributed by atoms with van der Waals surface area (Å²) >= 11 is 0. The van der Waals surface area contributed by atoms with Crippen molar-refractivity contribution in [3.05, 3.63) is 53.6 Å². The van der Waals surface area contributed by atoms with Crippen LogP contribution in [0, 0.1) is 6.92 Å². The molecule has 1 fully saturated rings. The Kier molecular flexibility index (Phi) is 7.90. The number of carbonyl (C=O) groups excluding carboxylic acids is 2. The second-order valence-corrected chi connectivity index (χ2v) is 8.28. The summed E-state index contributed by atoms with van der Waals surface area (Å²) in [7, 11) is 1.56. The highest BCUT2D eigenvalue weighted by molar-refractivity contribution is 5.95. The highest BCUT2D eigenvalue weighted by Gasteiger charge is 2.56. The number of nitrogens with one attached hydrogen (secondary N) is 2. The molecule has 1 aliphatic rings. The van der Waals surface area contributed by atoms with E-state index in [0.717, 1.165) is 11.1 Å². The third-order valence-corrected chi connectivity index (χ3v) is 5.82. The van der Waals surface area contributed by atoms with Gasteiger partial charge in [0, 0.05) is 19.5 Å². The van der Waals surface area contributed by atoms with Gasteiger partial charge in [-0.15, -0.1) is 0 Å². The fraction of sp³-hybridized carbons (Fsp3) is 0.417. The van der Waals surface area contributed by atoms with Crippen molar-refractivity contribution in [3.8, 4) is 16.9 Å². The van der Waals surface area contributed by atoms with Crippen LogP contribution in [-0.2, 0) is 9.53 Å². The van der Waals surface area contributed by atoms with E-state index in [4.69, 9.17) is 9.47 Å². The monoisotopic (exact) mass is 474 g/mol. The van der Waals surface area contributed by atoms with Crippen LogP contribution in [0.1, 0.15) is 22.8 Å². The molecule has 0 aromatic heterocycles. The summed E-state index contributed by atoms with van der Waals surface area (Å²) in [6.07, 6.45) is -6.07. The Balaban J connectivity index is 1.89. The molecule has 0 aliphatic carbocycles. The van der Waals surface area contributed by atoms with E-state index in [-0.39, 0.29) is 5.91 Å². The number of amides is 2. The normalized spacial score (nSPS) is 26.6. The summed E-state index contributed by atoms with van der Waals surface area (Å²) in [6.45, 7) is 1.94. The Morgan fingerprint density at radius 1 is 1.15 bits per heavy atom. The van der Waals surface area contributed by atoms with E-state index < -0.39 is 49.3 Å². The van der Waals surface area contributed by atoms with E-state index in [1.807, 2.05) is 12.1 Å². The first-order chi connectivity index (χ1) is 16.1. The molecule has 1 saturated heterocycles. The highest BCUT2D eigenvalue weighted by atomic mass is 16.7. The third-order valence-electron chi connectivity index (χ3n) is 5.82. The summed E-state index contributed by atoms with van der Waals surface area (Å²) in [4.78, 5) is 23.3. The molecule has 10 heteroatoms. The molecule has 2 aromatic rings. The lowest BCUT2D eigenvalue weighted by Gasteiger charge is -2.47. The molecule has 184 valence electrons. The van der Waals surface area contributed by atoms with E-state index in [2.05, 4.69) is 10.6 Å². The Labute approximate surface area is 197 Å². The van der Waals surface area contributed by atoms with Crippen molar-refractivity contribution in [2.45, 2.75) is 44.1 Å². The fourth-order valence-corrected chi connectivity index (χ4v) is 3.79. The van der Waals surface area contributed by atoms with Gasteiger partial charge in [0.15, 0.2) is 5.60 Å². The zero-order chi connectivity index (χ0) is 25.0. The van der Waals surface area contributed by atoms with Gasteiger partial charge in [-0.3, -0.25) is 9.59 Å². The number of hydrogen-bond donors (Lipinski definition) is 6. The van der Waals surface area contributed by atoms with Gasteiger partial charge in [-0.1, -0.05) is 18.2 Å². The molecule has 1 heterocycles. The number of aliphatic hydroxyl groups excluding tert-OH is 3. The van der Waals surface area contributed by atoms with Crippen LogP contribution in [-0.4, -0.2) is 82.6 Å². The number of aryl methyl sites for hydroxylation is 1. The molecule has 2 amide bonds. The quantitative estimate of drug-likeness (QED) is 0.319. The van der Waals surface area contributed by atoms with Crippen molar-refractivity contribution < 1.29 is 39.5 Å². The molecule has 5 atom stereocenters. The first-order valence-corrected chi connectivity index (χ1v) is 10.8. The fourth-order valence-electron chi connectivity index (χ4n) is 3.79. The largest absolute Gasteiger partial charge is 0.461 e. The lowest BCUT2D eigenvalue weighted by Crippen LogP contribution is -2.71. The average molecular weight is 475 g/mol. The number of hydrogen-bond acceptors (Lipinski definition) is 8. The van der Waals surface area contributed by atoms with Crippen LogP contribution in [0.3, 0.4) is 0 Å². The minimum absolute atomic E-state index is 0.203. The number of ether oxygens (including phenoxy) is 2. The van der Waals surface area contributed by atoms with E-state index in [1.165, 1.54) is 6.92 Å². The van der Waals surface area contributed by atoms with Gasteiger partial charge < -0.3 is 40.5 Å². The number of carbonyl (C=O) groups is 2. The summed E-state index contributed by atoms with van der Waals surface area (Å²) in [6, 6.07) is 12.3. The van der Waals surface area contributed by atoms with E-state index in [1.54, 1.807) is 44.3 Å². The van der Waals surface area contributed by atoms with Gasteiger partial charge in [0.1, 0.15) is 24.1 Å². The second-order valence-electron chi connectivity index (χ2n) is 8.28. The molecule has 34 heavy (non-hydrogen) atoms. The van der Waals surface area contributed by atoms with Gasteiger partial charge in [0.25, 0.3) is 5.91 Å². The molecule has 1 aliphatic heterocycles. The van der Waals surface area contributed by atoms with Gasteiger partial charge in [-0.25, -0.2) is 0 Å². The van der Waals surface area contributed by atoms with Crippen LogP contribution in [0.5, 0.6) is 5.75 Å². The van der Waals surface area contributed by atoms with Crippen LogP contribution in [0.2, 0.25) is 0 Å². The summed E-state index contributed by atoms with van der Waals surface area (Å²) in [5.74, 6) is -0.346.